The molecule has 0 bridgehead atoms. The Balaban J connectivity index is 2.33. The van der Waals surface area contributed by atoms with E-state index < -0.39 is 0 Å². The van der Waals surface area contributed by atoms with Crippen LogP contribution in [0.2, 0.25) is 0 Å². The molecule has 0 atom stereocenters. The predicted molar refractivity (Wildman–Crippen MR) is 92.9 cm³/mol. The van der Waals surface area contributed by atoms with Crippen molar-refractivity contribution in [3.8, 4) is 0 Å². The van der Waals surface area contributed by atoms with Gasteiger partial charge in [-0.1, -0.05) is 46.5 Å². The lowest BCUT2D eigenvalue weighted by Gasteiger charge is -2.10. The second-order valence-corrected chi connectivity index (χ2v) is 6.72. The van der Waals surface area contributed by atoms with E-state index in [1.165, 1.54) is 30.4 Å². The molecule has 0 unspecified atom stereocenters. The molecule has 0 aliphatic rings. The number of halogens is 1. The summed E-state index contributed by atoms with van der Waals surface area (Å²) in [6.45, 7) is 8.12. The van der Waals surface area contributed by atoms with Gasteiger partial charge in [-0.05, 0) is 34.7 Å². The van der Waals surface area contributed by atoms with E-state index in [-0.39, 0.29) is 5.56 Å². The second-order valence-electron chi connectivity index (χ2n) is 5.92. The molecule has 1 heterocycles. The van der Waals surface area contributed by atoms with Gasteiger partial charge in [-0.3, -0.25) is 4.79 Å². The SMILES string of the molecule is CCCn1ncc(NCCCCCCC(C)C)c(Br)c1=O. The van der Waals surface area contributed by atoms with E-state index in [1.54, 1.807) is 6.20 Å². The number of nitrogens with one attached hydrogen (secondary N) is 1. The van der Waals surface area contributed by atoms with Crippen molar-refractivity contribution in [1.82, 2.24) is 9.78 Å². The van der Waals surface area contributed by atoms with Crippen molar-refractivity contribution in [2.24, 2.45) is 5.92 Å². The molecule has 120 valence electrons. The van der Waals surface area contributed by atoms with Crippen LogP contribution in [0.3, 0.4) is 0 Å². The maximum Gasteiger partial charge on any atom is 0.283 e. The molecule has 0 aromatic carbocycles. The van der Waals surface area contributed by atoms with Crippen molar-refractivity contribution in [2.75, 3.05) is 11.9 Å². The van der Waals surface area contributed by atoms with Crippen LogP contribution >= 0.6 is 15.9 Å². The number of nitrogens with zero attached hydrogens (tertiary/aromatic N) is 2. The van der Waals surface area contributed by atoms with Gasteiger partial charge in [-0.2, -0.15) is 5.10 Å². The van der Waals surface area contributed by atoms with Gasteiger partial charge in [0, 0.05) is 13.1 Å². The summed E-state index contributed by atoms with van der Waals surface area (Å²) in [5, 5.41) is 7.49. The predicted octanol–water partition coefficient (Wildman–Crippen LogP) is 4.43. The molecule has 1 rings (SSSR count). The Bertz CT molecular complexity index is 471. The monoisotopic (exact) mass is 357 g/mol. The fourth-order valence-corrected chi connectivity index (χ4v) is 2.66. The molecule has 0 saturated carbocycles. The summed E-state index contributed by atoms with van der Waals surface area (Å²) in [5.41, 5.74) is 0.744. The molecular formula is C16H28BrN3O. The number of unbranched alkanes of at least 4 members (excludes halogenated alkanes) is 3. The van der Waals surface area contributed by atoms with Gasteiger partial charge in [0.15, 0.2) is 0 Å². The van der Waals surface area contributed by atoms with E-state index in [1.807, 2.05) is 6.92 Å². The zero-order chi connectivity index (χ0) is 15.7. The molecule has 1 N–H and O–H groups in total. The Kier molecular flexibility index (Phi) is 8.66. The van der Waals surface area contributed by atoms with Gasteiger partial charge in [0.25, 0.3) is 5.56 Å². The lowest BCUT2D eigenvalue weighted by molar-refractivity contribution is 0.523. The third kappa shape index (κ3) is 6.64. The van der Waals surface area contributed by atoms with E-state index >= 15 is 0 Å². The number of hydrogen-bond donors (Lipinski definition) is 1. The summed E-state index contributed by atoms with van der Waals surface area (Å²) in [6, 6.07) is 0. The lowest BCUT2D eigenvalue weighted by atomic mass is 10.0. The van der Waals surface area contributed by atoms with Crippen LogP contribution in [-0.2, 0) is 6.54 Å². The van der Waals surface area contributed by atoms with Crippen molar-refractivity contribution < 1.29 is 0 Å². The number of hydrogen-bond acceptors (Lipinski definition) is 3. The molecule has 0 aliphatic heterocycles. The molecular weight excluding hydrogens is 330 g/mol. The third-order valence-electron chi connectivity index (χ3n) is 3.44. The number of aromatic nitrogens is 2. The van der Waals surface area contributed by atoms with E-state index in [4.69, 9.17) is 0 Å². The molecule has 0 spiro atoms. The summed E-state index contributed by atoms with van der Waals surface area (Å²) in [6.07, 6.45) is 8.93. The van der Waals surface area contributed by atoms with Crippen molar-refractivity contribution in [3.05, 3.63) is 21.0 Å². The highest BCUT2D eigenvalue weighted by atomic mass is 79.9. The van der Waals surface area contributed by atoms with Crippen LogP contribution in [0.25, 0.3) is 0 Å². The Morgan fingerprint density at radius 2 is 2.00 bits per heavy atom. The van der Waals surface area contributed by atoms with Crippen molar-refractivity contribution >= 4 is 21.6 Å². The molecule has 0 amide bonds. The number of aryl methyl sites for hydroxylation is 1. The summed E-state index contributed by atoms with van der Waals surface area (Å²) in [5.74, 6) is 0.805. The maximum atomic E-state index is 12.0. The largest absolute Gasteiger partial charge is 0.383 e. The first-order valence-electron chi connectivity index (χ1n) is 8.05. The first-order valence-corrected chi connectivity index (χ1v) is 8.85. The summed E-state index contributed by atoms with van der Waals surface area (Å²) in [7, 11) is 0. The molecule has 1 aromatic heterocycles. The average Bonchev–Trinajstić information content (AvgIpc) is 2.45. The molecule has 5 heteroatoms. The van der Waals surface area contributed by atoms with E-state index in [0.29, 0.717) is 11.0 Å². The third-order valence-corrected chi connectivity index (χ3v) is 4.21. The van der Waals surface area contributed by atoms with Crippen molar-refractivity contribution in [1.29, 1.82) is 0 Å². The Labute approximate surface area is 136 Å². The van der Waals surface area contributed by atoms with Crippen molar-refractivity contribution in [3.63, 3.8) is 0 Å². The fraction of sp³-hybridized carbons (Fsp3) is 0.750. The van der Waals surface area contributed by atoms with Crippen LogP contribution in [0.1, 0.15) is 59.3 Å². The minimum absolute atomic E-state index is 0.0567. The quantitative estimate of drug-likeness (QED) is 0.629. The first kappa shape index (κ1) is 18.2. The number of anilines is 1. The summed E-state index contributed by atoms with van der Waals surface area (Å²) < 4.78 is 2.09. The molecule has 4 nitrogen and oxygen atoms in total. The Hall–Kier alpha value is -0.840. The molecule has 0 fully saturated rings. The highest BCUT2D eigenvalue weighted by Gasteiger charge is 2.07. The highest BCUT2D eigenvalue weighted by Crippen LogP contribution is 2.16. The topological polar surface area (TPSA) is 46.9 Å². The normalized spacial score (nSPS) is 11.1. The second kappa shape index (κ2) is 9.98. The minimum atomic E-state index is -0.0567. The van der Waals surface area contributed by atoms with Gasteiger partial charge in [0.05, 0.1) is 11.9 Å². The maximum absolute atomic E-state index is 12.0. The minimum Gasteiger partial charge on any atom is -0.383 e. The average molecular weight is 358 g/mol. The Morgan fingerprint density at radius 3 is 2.67 bits per heavy atom. The lowest BCUT2D eigenvalue weighted by Crippen LogP contribution is -2.24. The summed E-state index contributed by atoms with van der Waals surface area (Å²) in [4.78, 5) is 12.0. The van der Waals surface area contributed by atoms with Gasteiger partial charge >= 0.3 is 0 Å². The van der Waals surface area contributed by atoms with Crippen LogP contribution in [-0.4, -0.2) is 16.3 Å². The fourth-order valence-electron chi connectivity index (χ4n) is 2.21. The van der Waals surface area contributed by atoms with Crippen LogP contribution in [0.15, 0.2) is 15.5 Å². The number of rotatable bonds is 10. The summed E-state index contributed by atoms with van der Waals surface area (Å²) >= 11 is 3.38. The zero-order valence-electron chi connectivity index (χ0n) is 13.5. The van der Waals surface area contributed by atoms with E-state index in [9.17, 15) is 4.79 Å². The molecule has 0 aliphatic carbocycles. The van der Waals surface area contributed by atoms with E-state index in [0.717, 1.165) is 31.0 Å². The molecule has 1 aromatic rings. The van der Waals surface area contributed by atoms with Crippen LogP contribution in [0, 0.1) is 5.92 Å². The standard InChI is InChI=1S/C16H28BrN3O/c1-4-11-20-16(21)15(17)14(12-19-20)18-10-8-6-5-7-9-13(2)3/h12-13,18H,4-11H2,1-3H3. The molecule has 0 radical (unpaired) electrons. The first-order chi connectivity index (χ1) is 10.1. The highest BCUT2D eigenvalue weighted by molar-refractivity contribution is 9.10. The smallest absolute Gasteiger partial charge is 0.283 e. The van der Waals surface area contributed by atoms with Gasteiger partial charge in [-0.25, -0.2) is 4.68 Å². The van der Waals surface area contributed by atoms with Gasteiger partial charge in [0.2, 0.25) is 0 Å². The van der Waals surface area contributed by atoms with Gasteiger partial charge in [-0.15, -0.1) is 0 Å². The van der Waals surface area contributed by atoms with Crippen LogP contribution < -0.4 is 10.9 Å². The van der Waals surface area contributed by atoms with Gasteiger partial charge in [0.1, 0.15) is 4.47 Å². The molecule has 21 heavy (non-hydrogen) atoms. The van der Waals surface area contributed by atoms with Crippen LogP contribution in [0.4, 0.5) is 5.69 Å². The molecule has 0 saturated heterocycles. The van der Waals surface area contributed by atoms with Crippen LogP contribution in [0.5, 0.6) is 0 Å². The van der Waals surface area contributed by atoms with Gasteiger partial charge < -0.3 is 5.32 Å². The van der Waals surface area contributed by atoms with E-state index in [2.05, 4.69) is 40.2 Å². The van der Waals surface area contributed by atoms with Crippen molar-refractivity contribution in [2.45, 2.75) is 65.8 Å². The Morgan fingerprint density at radius 1 is 1.29 bits per heavy atom. The zero-order valence-corrected chi connectivity index (χ0v) is 15.1.